The average Bonchev–Trinajstić information content (AvgIpc) is 3.21. The molecular formula is C27H30N2O6. The summed E-state index contributed by atoms with van der Waals surface area (Å²) < 4.78 is 10.9. The van der Waals surface area contributed by atoms with E-state index in [0.29, 0.717) is 19.4 Å². The molecule has 2 aliphatic carbocycles. The topological polar surface area (TPSA) is 105 Å². The van der Waals surface area contributed by atoms with Crippen molar-refractivity contribution in [1.29, 1.82) is 0 Å². The highest BCUT2D eigenvalue weighted by Gasteiger charge is 2.38. The molecule has 0 spiro atoms. The van der Waals surface area contributed by atoms with Gasteiger partial charge in [-0.05, 0) is 41.5 Å². The van der Waals surface area contributed by atoms with E-state index in [4.69, 9.17) is 9.47 Å². The molecule has 1 unspecified atom stereocenters. The minimum absolute atomic E-state index is 0.00915. The van der Waals surface area contributed by atoms with Crippen LogP contribution in [0.1, 0.15) is 42.7 Å². The summed E-state index contributed by atoms with van der Waals surface area (Å²) in [7, 11) is 0. The predicted molar refractivity (Wildman–Crippen MR) is 128 cm³/mol. The number of rotatable bonds is 5. The number of benzene rings is 2. The molecule has 35 heavy (non-hydrogen) atoms. The Morgan fingerprint density at radius 2 is 1.71 bits per heavy atom. The summed E-state index contributed by atoms with van der Waals surface area (Å²) in [5, 5.41) is 12.4. The number of carbonyl (C=O) groups is 3. The van der Waals surface area contributed by atoms with Crippen LogP contribution in [-0.2, 0) is 19.1 Å². The van der Waals surface area contributed by atoms with Gasteiger partial charge in [-0.3, -0.25) is 4.79 Å². The molecule has 5 rings (SSSR count). The fourth-order valence-corrected chi connectivity index (χ4v) is 5.66. The Balaban J connectivity index is 1.18. The highest BCUT2D eigenvalue weighted by molar-refractivity contribution is 5.85. The Bertz CT molecular complexity index is 1070. The maximum atomic E-state index is 13.1. The molecule has 1 saturated carbocycles. The number of aliphatic carboxylic acids is 1. The van der Waals surface area contributed by atoms with Gasteiger partial charge in [-0.1, -0.05) is 55.0 Å². The third kappa shape index (κ3) is 4.75. The molecule has 8 heteroatoms. The first-order valence-corrected chi connectivity index (χ1v) is 12.3. The van der Waals surface area contributed by atoms with Gasteiger partial charge in [0.25, 0.3) is 0 Å². The number of ether oxygens (including phenoxy) is 2. The van der Waals surface area contributed by atoms with E-state index < -0.39 is 18.1 Å². The molecular weight excluding hydrogens is 448 g/mol. The van der Waals surface area contributed by atoms with Crippen molar-refractivity contribution in [2.24, 2.45) is 5.92 Å². The van der Waals surface area contributed by atoms with Gasteiger partial charge in [0.2, 0.25) is 5.91 Å². The zero-order chi connectivity index (χ0) is 24.4. The minimum atomic E-state index is -1.05. The van der Waals surface area contributed by atoms with Crippen molar-refractivity contribution < 1.29 is 29.0 Å². The second kappa shape index (κ2) is 10.1. The lowest BCUT2D eigenvalue weighted by molar-refractivity contribution is -0.160. The van der Waals surface area contributed by atoms with Crippen LogP contribution in [0.5, 0.6) is 0 Å². The summed E-state index contributed by atoms with van der Waals surface area (Å²) in [5.74, 6) is -1.55. The van der Waals surface area contributed by atoms with Crippen LogP contribution >= 0.6 is 0 Å². The van der Waals surface area contributed by atoms with Crippen molar-refractivity contribution >= 4 is 18.0 Å². The van der Waals surface area contributed by atoms with Crippen LogP contribution in [0, 0.1) is 5.92 Å². The smallest absolute Gasteiger partial charge is 0.407 e. The number of carboxylic acid groups (broad SMARTS) is 1. The Morgan fingerprint density at radius 3 is 2.40 bits per heavy atom. The fourth-order valence-electron chi connectivity index (χ4n) is 5.66. The van der Waals surface area contributed by atoms with E-state index in [1.807, 2.05) is 24.3 Å². The van der Waals surface area contributed by atoms with Crippen molar-refractivity contribution in [1.82, 2.24) is 10.2 Å². The van der Waals surface area contributed by atoms with Gasteiger partial charge in [0.15, 0.2) is 6.04 Å². The summed E-state index contributed by atoms with van der Waals surface area (Å²) >= 11 is 0. The molecule has 0 bridgehead atoms. The SMILES string of the molecule is O=C(N[C@@H]1CCC[C@H](C(=O)N2CCOCC2C(=O)O)C1)OCC1c2ccccc2-c2ccccc21. The first-order valence-electron chi connectivity index (χ1n) is 12.3. The molecule has 2 fully saturated rings. The standard InChI is InChI=1S/C27H30N2O6/c30-25(29-12-13-34-16-24(29)26(31)32)17-6-5-7-18(14-17)28-27(33)35-15-23-21-10-3-1-8-19(21)20-9-2-4-11-22(20)23/h1-4,8-11,17-18,23-24H,5-7,12-16H2,(H,28,33)(H,31,32)/t17-,18+,24?/m0/s1. The van der Waals surface area contributed by atoms with Crippen molar-refractivity contribution in [2.75, 3.05) is 26.4 Å². The van der Waals surface area contributed by atoms with E-state index >= 15 is 0 Å². The molecule has 3 aliphatic rings. The molecule has 8 nitrogen and oxygen atoms in total. The van der Waals surface area contributed by atoms with E-state index in [1.165, 1.54) is 16.0 Å². The second-order valence-electron chi connectivity index (χ2n) is 9.49. The normalized spacial score (nSPS) is 23.8. The molecule has 1 aliphatic heterocycles. The number of hydrogen-bond donors (Lipinski definition) is 2. The summed E-state index contributed by atoms with van der Waals surface area (Å²) in [6.45, 7) is 0.860. The van der Waals surface area contributed by atoms with E-state index in [1.54, 1.807) is 0 Å². The number of amides is 2. The Morgan fingerprint density at radius 1 is 1.03 bits per heavy atom. The van der Waals surface area contributed by atoms with Crippen LogP contribution < -0.4 is 5.32 Å². The molecule has 1 saturated heterocycles. The van der Waals surface area contributed by atoms with Crippen molar-refractivity contribution in [3.8, 4) is 11.1 Å². The monoisotopic (exact) mass is 478 g/mol. The van der Waals surface area contributed by atoms with Gasteiger partial charge in [-0.2, -0.15) is 0 Å². The molecule has 2 N–H and O–H groups in total. The lowest BCUT2D eigenvalue weighted by atomic mass is 9.84. The van der Waals surface area contributed by atoms with E-state index in [2.05, 4.69) is 29.6 Å². The maximum absolute atomic E-state index is 13.1. The van der Waals surface area contributed by atoms with Crippen molar-refractivity contribution in [2.45, 2.75) is 43.7 Å². The number of alkyl carbamates (subject to hydrolysis) is 1. The number of nitrogens with one attached hydrogen (secondary N) is 1. The largest absolute Gasteiger partial charge is 0.480 e. The van der Waals surface area contributed by atoms with Gasteiger partial charge in [-0.25, -0.2) is 9.59 Å². The molecule has 3 atom stereocenters. The summed E-state index contributed by atoms with van der Waals surface area (Å²) in [6, 6.07) is 15.2. The molecule has 2 aromatic rings. The summed E-state index contributed by atoms with van der Waals surface area (Å²) in [4.78, 5) is 38.8. The number of fused-ring (bicyclic) bond motifs is 3. The molecule has 184 valence electrons. The zero-order valence-corrected chi connectivity index (χ0v) is 19.5. The van der Waals surface area contributed by atoms with Gasteiger partial charge in [0.1, 0.15) is 6.61 Å². The Kier molecular flexibility index (Phi) is 6.72. The van der Waals surface area contributed by atoms with Crippen LogP contribution in [0.3, 0.4) is 0 Å². The molecule has 2 amide bonds. The summed E-state index contributed by atoms with van der Waals surface area (Å²) in [6.07, 6.45) is 2.23. The first-order chi connectivity index (χ1) is 17.0. The zero-order valence-electron chi connectivity index (χ0n) is 19.5. The average molecular weight is 479 g/mol. The van der Waals surface area contributed by atoms with Crippen LogP contribution in [0.2, 0.25) is 0 Å². The highest BCUT2D eigenvalue weighted by atomic mass is 16.5. The van der Waals surface area contributed by atoms with E-state index in [0.717, 1.165) is 24.0 Å². The summed E-state index contributed by atoms with van der Waals surface area (Å²) in [5.41, 5.74) is 4.66. The Labute approximate surface area is 204 Å². The highest BCUT2D eigenvalue weighted by Crippen LogP contribution is 2.44. The quantitative estimate of drug-likeness (QED) is 0.683. The Hall–Kier alpha value is -3.39. The van der Waals surface area contributed by atoms with Gasteiger partial charge in [0, 0.05) is 24.4 Å². The first kappa shape index (κ1) is 23.4. The number of hydrogen-bond acceptors (Lipinski definition) is 5. The molecule has 1 heterocycles. The lowest BCUT2D eigenvalue weighted by Crippen LogP contribution is -2.55. The molecule has 2 aromatic carbocycles. The van der Waals surface area contributed by atoms with Gasteiger partial charge < -0.3 is 24.8 Å². The predicted octanol–water partition coefficient (Wildman–Crippen LogP) is 3.40. The van der Waals surface area contributed by atoms with Crippen LogP contribution in [0.4, 0.5) is 4.79 Å². The lowest BCUT2D eigenvalue weighted by Gasteiger charge is -2.37. The van der Waals surface area contributed by atoms with Crippen molar-refractivity contribution in [3.05, 3.63) is 59.7 Å². The second-order valence-corrected chi connectivity index (χ2v) is 9.49. The van der Waals surface area contributed by atoms with Crippen LogP contribution in [0.25, 0.3) is 11.1 Å². The minimum Gasteiger partial charge on any atom is -0.480 e. The van der Waals surface area contributed by atoms with E-state index in [9.17, 15) is 19.5 Å². The van der Waals surface area contributed by atoms with Crippen LogP contribution in [0.15, 0.2) is 48.5 Å². The van der Waals surface area contributed by atoms with Crippen molar-refractivity contribution in [3.63, 3.8) is 0 Å². The number of carbonyl (C=O) groups excluding carboxylic acids is 2. The van der Waals surface area contributed by atoms with Gasteiger partial charge in [0.05, 0.1) is 13.2 Å². The number of carboxylic acids is 1. The molecule has 0 aromatic heterocycles. The fraction of sp³-hybridized carbons (Fsp3) is 0.444. The van der Waals surface area contributed by atoms with Crippen LogP contribution in [-0.4, -0.2) is 66.4 Å². The molecule has 0 radical (unpaired) electrons. The third-order valence-electron chi connectivity index (χ3n) is 7.39. The van der Waals surface area contributed by atoms with E-state index in [-0.39, 0.29) is 43.5 Å². The third-order valence-corrected chi connectivity index (χ3v) is 7.39. The van der Waals surface area contributed by atoms with Gasteiger partial charge >= 0.3 is 12.1 Å². The number of morpholine rings is 1. The maximum Gasteiger partial charge on any atom is 0.407 e. The van der Waals surface area contributed by atoms with Gasteiger partial charge in [-0.15, -0.1) is 0 Å². The number of nitrogens with zero attached hydrogens (tertiary/aromatic N) is 1.